The van der Waals surface area contributed by atoms with Crippen molar-refractivity contribution in [1.82, 2.24) is 16.0 Å². The van der Waals surface area contributed by atoms with Crippen molar-refractivity contribution in [1.29, 1.82) is 0 Å². The van der Waals surface area contributed by atoms with Gasteiger partial charge in [-0.05, 0) is 42.3 Å². The SMILES string of the molecule is CCNC(=NCc1ccc2c(c1)OCO2)NCCNC(=O)Cc1ccc(F)cc1.I. The molecule has 2 aromatic carbocycles. The molecule has 1 amide bonds. The van der Waals surface area contributed by atoms with Crippen LogP contribution in [-0.4, -0.2) is 38.3 Å². The van der Waals surface area contributed by atoms with Crippen LogP contribution in [0.4, 0.5) is 4.39 Å². The van der Waals surface area contributed by atoms with Gasteiger partial charge in [0.05, 0.1) is 13.0 Å². The van der Waals surface area contributed by atoms with Crippen LogP contribution in [0.5, 0.6) is 11.5 Å². The minimum absolute atomic E-state index is 0. The summed E-state index contributed by atoms with van der Waals surface area (Å²) in [5.74, 6) is 1.73. The molecule has 0 aromatic heterocycles. The van der Waals surface area contributed by atoms with Gasteiger partial charge in [0.2, 0.25) is 12.7 Å². The Hall–Kier alpha value is -2.56. The van der Waals surface area contributed by atoms with Gasteiger partial charge in [0.25, 0.3) is 0 Å². The first-order chi connectivity index (χ1) is 14.1. The zero-order valence-electron chi connectivity index (χ0n) is 16.7. The summed E-state index contributed by atoms with van der Waals surface area (Å²) in [4.78, 5) is 16.5. The van der Waals surface area contributed by atoms with Crippen molar-refractivity contribution in [2.24, 2.45) is 4.99 Å². The Morgan fingerprint density at radius 3 is 2.47 bits per heavy atom. The molecule has 9 heteroatoms. The van der Waals surface area contributed by atoms with E-state index in [0.29, 0.717) is 25.6 Å². The van der Waals surface area contributed by atoms with Gasteiger partial charge < -0.3 is 25.4 Å². The summed E-state index contributed by atoms with van der Waals surface area (Å²) < 4.78 is 23.6. The van der Waals surface area contributed by atoms with Crippen LogP contribution in [0.2, 0.25) is 0 Å². The van der Waals surface area contributed by atoms with E-state index in [1.807, 2.05) is 25.1 Å². The molecule has 3 rings (SSSR count). The number of aliphatic imine (C=N–C) groups is 1. The van der Waals surface area contributed by atoms with E-state index < -0.39 is 0 Å². The molecule has 1 aliphatic rings. The van der Waals surface area contributed by atoms with E-state index in [1.165, 1.54) is 12.1 Å². The normalized spacial score (nSPS) is 12.1. The third kappa shape index (κ3) is 7.36. The molecule has 162 valence electrons. The number of carbonyl (C=O) groups is 1. The number of hydrogen-bond donors (Lipinski definition) is 3. The Labute approximate surface area is 192 Å². The molecule has 0 saturated carbocycles. The summed E-state index contributed by atoms with van der Waals surface area (Å²) in [7, 11) is 0. The first-order valence-corrected chi connectivity index (χ1v) is 9.56. The average molecular weight is 528 g/mol. The van der Waals surface area contributed by atoms with Gasteiger partial charge in [0, 0.05) is 19.6 Å². The second kappa shape index (κ2) is 12.2. The highest BCUT2D eigenvalue weighted by Gasteiger charge is 2.13. The predicted octanol–water partition coefficient (Wildman–Crippen LogP) is 2.59. The van der Waals surface area contributed by atoms with Crippen LogP contribution in [-0.2, 0) is 17.8 Å². The quantitative estimate of drug-likeness (QED) is 0.213. The van der Waals surface area contributed by atoms with Crippen molar-refractivity contribution in [3.8, 4) is 11.5 Å². The zero-order valence-corrected chi connectivity index (χ0v) is 19.1. The van der Waals surface area contributed by atoms with Gasteiger partial charge in [-0.3, -0.25) is 4.79 Å². The Morgan fingerprint density at radius 1 is 1.00 bits per heavy atom. The topological polar surface area (TPSA) is 84.0 Å². The lowest BCUT2D eigenvalue weighted by Gasteiger charge is -2.12. The van der Waals surface area contributed by atoms with Crippen molar-refractivity contribution in [3.63, 3.8) is 0 Å². The van der Waals surface area contributed by atoms with E-state index in [9.17, 15) is 9.18 Å². The fourth-order valence-corrected chi connectivity index (χ4v) is 2.78. The highest BCUT2D eigenvalue weighted by atomic mass is 127. The van der Waals surface area contributed by atoms with Gasteiger partial charge in [0.15, 0.2) is 17.5 Å². The molecule has 0 spiro atoms. The van der Waals surface area contributed by atoms with Crippen LogP contribution in [0.15, 0.2) is 47.5 Å². The minimum Gasteiger partial charge on any atom is -0.454 e. The van der Waals surface area contributed by atoms with Crippen LogP contribution >= 0.6 is 24.0 Å². The lowest BCUT2D eigenvalue weighted by Crippen LogP contribution is -2.41. The molecule has 0 atom stereocenters. The maximum atomic E-state index is 12.9. The van der Waals surface area contributed by atoms with Crippen LogP contribution in [0.3, 0.4) is 0 Å². The number of nitrogens with zero attached hydrogens (tertiary/aromatic N) is 1. The Kier molecular flexibility index (Phi) is 9.65. The maximum absolute atomic E-state index is 12.9. The van der Waals surface area contributed by atoms with Crippen molar-refractivity contribution in [2.45, 2.75) is 19.9 Å². The van der Waals surface area contributed by atoms with E-state index in [4.69, 9.17) is 9.47 Å². The first-order valence-electron chi connectivity index (χ1n) is 9.56. The minimum atomic E-state index is -0.311. The summed E-state index contributed by atoms with van der Waals surface area (Å²) in [5.41, 5.74) is 1.79. The molecule has 0 radical (unpaired) electrons. The molecule has 0 fully saturated rings. The lowest BCUT2D eigenvalue weighted by atomic mass is 10.1. The Morgan fingerprint density at radius 2 is 1.70 bits per heavy atom. The van der Waals surface area contributed by atoms with Crippen LogP contribution in [0.25, 0.3) is 0 Å². The Bertz CT molecular complexity index is 862. The molecule has 1 heterocycles. The summed E-state index contributed by atoms with van der Waals surface area (Å²) in [6.45, 7) is 4.44. The molecule has 0 saturated heterocycles. The number of guanidine groups is 1. The molecular weight excluding hydrogens is 502 g/mol. The highest BCUT2D eigenvalue weighted by Crippen LogP contribution is 2.32. The van der Waals surface area contributed by atoms with Crippen molar-refractivity contribution < 1.29 is 18.7 Å². The molecule has 0 aliphatic carbocycles. The van der Waals surface area contributed by atoms with Gasteiger partial charge >= 0.3 is 0 Å². The summed E-state index contributed by atoms with van der Waals surface area (Å²) >= 11 is 0. The molecule has 1 aliphatic heterocycles. The van der Waals surface area contributed by atoms with Crippen molar-refractivity contribution in [2.75, 3.05) is 26.4 Å². The standard InChI is InChI=1S/C21H25FN4O3.HI/c1-2-23-21(26-13-16-5-8-18-19(11-16)29-14-28-18)25-10-9-24-20(27)12-15-3-6-17(22)7-4-15;/h3-8,11H,2,9-10,12-14H2,1H3,(H,24,27)(H2,23,25,26);1H. The lowest BCUT2D eigenvalue weighted by molar-refractivity contribution is -0.120. The second-order valence-corrected chi connectivity index (χ2v) is 6.46. The van der Waals surface area contributed by atoms with E-state index in [1.54, 1.807) is 12.1 Å². The molecule has 3 N–H and O–H groups in total. The van der Waals surface area contributed by atoms with Gasteiger partial charge in [-0.15, -0.1) is 24.0 Å². The fourth-order valence-electron chi connectivity index (χ4n) is 2.78. The van der Waals surface area contributed by atoms with Gasteiger partial charge in [-0.2, -0.15) is 0 Å². The number of fused-ring (bicyclic) bond motifs is 1. The van der Waals surface area contributed by atoms with E-state index in [0.717, 1.165) is 29.2 Å². The average Bonchev–Trinajstić information content (AvgIpc) is 3.19. The molecular formula is C21H26FIN4O3. The van der Waals surface area contributed by atoms with Gasteiger partial charge in [-0.25, -0.2) is 9.38 Å². The van der Waals surface area contributed by atoms with Crippen LogP contribution in [0.1, 0.15) is 18.1 Å². The van der Waals surface area contributed by atoms with E-state index >= 15 is 0 Å². The summed E-state index contributed by atoms with van der Waals surface area (Å²) in [6.07, 6.45) is 0.221. The predicted molar refractivity (Wildman–Crippen MR) is 124 cm³/mol. The third-order valence-corrected chi connectivity index (χ3v) is 4.22. The van der Waals surface area contributed by atoms with Crippen LogP contribution < -0.4 is 25.4 Å². The zero-order chi connectivity index (χ0) is 20.5. The highest BCUT2D eigenvalue weighted by molar-refractivity contribution is 14.0. The molecule has 7 nitrogen and oxygen atoms in total. The number of hydrogen-bond acceptors (Lipinski definition) is 4. The van der Waals surface area contributed by atoms with Gasteiger partial charge in [-0.1, -0.05) is 18.2 Å². The largest absolute Gasteiger partial charge is 0.454 e. The fraction of sp³-hybridized carbons (Fsp3) is 0.333. The van der Waals surface area contributed by atoms with Crippen LogP contribution in [0, 0.1) is 5.82 Å². The number of halogens is 2. The van der Waals surface area contributed by atoms with Gasteiger partial charge in [0.1, 0.15) is 5.82 Å². The number of ether oxygens (including phenoxy) is 2. The summed E-state index contributed by atoms with van der Waals surface area (Å²) in [5, 5.41) is 9.20. The molecule has 0 bridgehead atoms. The molecule has 0 unspecified atom stereocenters. The number of carbonyl (C=O) groups excluding carboxylic acids is 1. The number of amides is 1. The van der Waals surface area contributed by atoms with Crippen molar-refractivity contribution >= 4 is 35.8 Å². The second-order valence-electron chi connectivity index (χ2n) is 6.46. The third-order valence-electron chi connectivity index (χ3n) is 4.22. The van der Waals surface area contributed by atoms with E-state index in [2.05, 4.69) is 20.9 Å². The summed E-state index contributed by atoms with van der Waals surface area (Å²) in [6, 6.07) is 11.7. The number of benzene rings is 2. The van der Waals surface area contributed by atoms with Crippen molar-refractivity contribution in [3.05, 3.63) is 59.4 Å². The number of rotatable bonds is 8. The maximum Gasteiger partial charge on any atom is 0.231 e. The molecule has 30 heavy (non-hydrogen) atoms. The smallest absolute Gasteiger partial charge is 0.231 e. The van der Waals surface area contributed by atoms with E-state index in [-0.39, 0.29) is 48.9 Å². The monoisotopic (exact) mass is 528 g/mol. The first kappa shape index (κ1) is 23.7. The molecule has 2 aromatic rings. The number of nitrogens with one attached hydrogen (secondary N) is 3. The Balaban J connectivity index is 0.00000320.